The summed E-state index contributed by atoms with van der Waals surface area (Å²) in [7, 11) is 3.72. The zero-order valence-electron chi connectivity index (χ0n) is 14.7. The fourth-order valence-electron chi connectivity index (χ4n) is 2.23. The van der Waals surface area contributed by atoms with Crippen LogP contribution in [0.3, 0.4) is 0 Å². The van der Waals surface area contributed by atoms with Gasteiger partial charge in [-0.15, -0.1) is 11.3 Å². The molecule has 0 saturated carbocycles. The van der Waals surface area contributed by atoms with E-state index in [2.05, 4.69) is 9.47 Å². The minimum absolute atomic E-state index is 0.0121. The topological polar surface area (TPSA) is 134 Å². The van der Waals surface area contributed by atoms with Gasteiger partial charge in [-0.1, -0.05) is 0 Å². The molecule has 9 nitrogen and oxygen atoms in total. The molecule has 2 rings (SSSR count). The van der Waals surface area contributed by atoms with Gasteiger partial charge < -0.3 is 29.8 Å². The third kappa shape index (κ3) is 4.11. The van der Waals surface area contributed by atoms with Crippen molar-refractivity contribution in [2.75, 3.05) is 27.1 Å². The Labute approximate surface area is 158 Å². The lowest BCUT2D eigenvalue weighted by Crippen LogP contribution is -2.13. The number of nitrogen functional groups attached to an aromatic ring is 1. The van der Waals surface area contributed by atoms with Gasteiger partial charge in [0.15, 0.2) is 0 Å². The summed E-state index contributed by atoms with van der Waals surface area (Å²) in [4.78, 5) is 36.3. The molecule has 0 radical (unpaired) electrons. The van der Waals surface area contributed by atoms with Gasteiger partial charge in [-0.3, -0.25) is 0 Å². The van der Waals surface area contributed by atoms with Crippen LogP contribution in [0.5, 0.6) is 11.5 Å². The van der Waals surface area contributed by atoms with E-state index in [0.717, 1.165) is 18.4 Å². The highest BCUT2D eigenvalue weighted by atomic mass is 32.1. The fraction of sp³-hybridized carbons (Fsp3) is 0.235. The Balaban J connectivity index is 2.35. The van der Waals surface area contributed by atoms with Crippen molar-refractivity contribution in [3.8, 4) is 11.5 Å². The summed E-state index contributed by atoms with van der Waals surface area (Å²) >= 11 is 0.816. The number of benzene rings is 1. The quantitative estimate of drug-likeness (QED) is 0.556. The van der Waals surface area contributed by atoms with Gasteiger partial charge in [0.25, 0.3) is 0 Å². The lowest BCUT2D eigenvalue weighted by atomic mass is 10.1. The van der Waals surface area contributed by atoms with Crippen molar-refractivity contribution in [3.63, 3.8) is 0 Å². The Hall–Kier alpha value is -3.27. The molecule has 0 saturated heterocycles. The summed E-state index contributed by atoms with van der Waals surface area (Å²) < 4.78 is 19.5. The van der Waals surface area contributed by atoms with Crippen LogP contribution in [0.2, 0.25) is 0 Å². The number of aromatic hydroxyl groups is 1. The largest absolute Gasteiger partial charge is 0.507 e. The summed E-state index contributed by atoms with van der Waals surface area (Å²) in [5, 5.41) is 9.87. The van der Waals surface area contributed by atoms with Crippen LogP contribution in [0, 0.1) is 0 Å². The first-order valence-corrected chi connectivity index (χ1v) is 8.27. The molecule has 0 aliphatic rings. The molecule has 0 fully saturated rings. The molecule has 0 aliphatic carbocycles. The van der Waals surface area contributed by atoms with Crippen molar-refractivity contribution in [1.29, 1.82) is 0 Å². The van der Waals surface area contributed by atoms with Crippen LogP contribution in [-0.4, -0.2) is 44.3 Å². The molecule has 0 aliphatic heterocycles. The molecule has 1 aromatic heterocycles. The van der Waals surface area contributed by atoms with E-state index in [4.69, 9.17) is 15.2 Å². The van der Waals surface area contributed by atoms with Crippen molar-refractivity contribution in [3.05, 3.63) is 39.8 Å². The second kappa shape index (κ2) is 8.41. The Morgan fingerprint density at radius 1 is 1.07 bits per heavy atom. The van der Waals surface area contributed by atoms with E-state index in [1.165, 1.54) is 32.4 Å². The summed E-state index contributed by atoms with van der Waals surface area (Å²) in [6.45, 7) is -0.460. The summed E-state index contributed by atoms with van der Waals surface area (Å²) in [5.74, 6) is -2.38. The van der Waals surface area contributed by atoms with Crippen molar-refractivity contribution >= 4 is 34.2 Å². The number of hydrogen-bond acceptors (Lipinski definition) is 10. The molecule has 0 spiro atoms. The summed E-state index contributed by atoms with van der Waals surface area (Å²) in [6.07, 6.45) is 0. The highest BCUT2D eigenvalue weighted by molar-refractivity contribution is 7.18. The van der Waals surface area contributed by atoms with Crippen molar-refractivity contribution < 1.29 is 38.4 Å². The number of phenolic OH excluding ortho intramolecular Hbond substituents is 1. The molecule has 144 valence electrons. The molecule has 2 aromatic rings. The third-order valence-electron chi connectivity index (χ3n) is 3.57. The average molecular weight is 395 g/mol. The number of anilines is 1. The van der Waals surface area contributed by atoms with Crippen LogP contribution in [0.1, 0.15) is 36.0 Å². The van der Waals surface area contributed by atoms with E-state index in [1.807, 2.05) is 0 Å². The van der Waals surface area contributed by atoms with E-state index in [0.29, 0.717) is 5.75 Å². The maximum absolute atomic E-state index is 12.3. The van der Waals surface area contributed by atoms with E-state index < -0.39 is 24.5 Å². The molecule has 27 heavy (non-hydrogen) atoms. The summed E-state index contributed by atoms with van der Waals surface area (Å²) in [6, 6.07) is 4.04. The van der Waals surface area contributed by atoms with E-state index in [1.54, 1.807) is 0 Å². The standard InChI is InChI=1S/C17H17NO8S/c1-23-8-4-5-11(19)9(6-8)15(20)26-7-10-12(16(21)24-2)14(18)27-13(10)17(22)25-3/h4-6,19H,7,18H2,1-3H3. The third-order valence-corrected chi connectivity index (χ3v) is 4.61. The zero-order valence-corrected chi connectivity index (χ0v) is 15.5. The van der Waals surface area contributed by atoms with Crippen LogP contribution < -0.4 is 10.5 Å². The van der Waals surface area contributed by atoms with Gasteiger partial charge in [0, 0.05) is 5.56 Å². The monoisotopic (exact) mass is 395 g/mol. The molecule has 1 heterocycles. The van der Waals surface area contributed by atoms with Gasteiger partial charge in [-0.25, -0.2) is 14.4 Å². The van der Waals surface area contributed by atoms with Gasteiger partial charge in [-0.05, 0) is 18.2 Å². The molecule has 1 aromatic carbocycles. The number of rotatable bonds is 6. The predicted molar refractivity (Wildman–Crippen MR) is 95.2 cm³/mol. The van der Waals surface area contributed by atoms with Gasteiger partial charge in [-0.2, -0.15) is 0 Å². The van der Waals surface area contributed by atoms with Crippen molar-refractivity contribution in [2.24, 2.45) is 0 Å². The molecule has 0 unspecified atom stereocenters. The second-order valence-corrected chi connectivity index (χ2v) is 6.14. The maximum Gasteiger partial charge on any atom is 0.348 e. The highest BCUT2D eigenvalue weighted by Crippen LogP contribution is 2.33. The Morgan fingerprint density at radius 3 is 2.33 bits per heavy atom. The van der Waals surface area contributed by atoms with Crippen LogP contribution >= 0.6 is 11.3 Å². The maximum atomic E-state index is 12.3. The molecule has 0 atom stereocenters. The first-order valence-electron chi connectivity index (χ1n) is 7.45. The first-order chi connectivity index (χ1) is 12.8. The normalized spacial score (nSPS) is 10.2. The first kappa shape index (κ1) is 20.0. The lowest BCUT2D eigenvalue weighted by Gasteiger charge is -2.10. The zero-order chi connectivity index (χ0) is 20.1. The van der Waals surface area contributed by atoms with Gasteiger partial charge in [0.1, 0.15) is 39.1 Å². The Kier molecular flexibility index (Phi) is 6.24. The molecular weight excluding hydrogens is 378 g/mol. The second-order valence-electron chi connectivity index (χ2n) is 5.09. The molecular formula is C17H17NO8S. The minimum Gasteiger partial charge on any atom is -0.507 e. The van der Waals surface area contributed by atoms with Crippen LogP contribution in [0.15, 0.2) is 18.2 Å². The molecule has 10 heteroatoms. The number of thiophene rings is 1. The fourth-order valence-corrected chi connectivity index (χ4v) is 3.21. The van der Waals surface area contributed by atoms with Crippen LogP contribution in [0.25, 0.3) is 0 Å². The van der Waals surface area contributed by atoms with Crippen LogP contribution in [0.4, 0.5) is 5.00 Å². The van der Waals surface area contributed by atoms with E-state index >= 15 is 0 Å². The number of carbonyl (C=O) groups excluding carboxylic acids is 3. The number of ether oxygens (including phenoxy) is 4. The number of hydrogen-bond donors (Lipinski definition) is 2. The van der Waals surface area contributed by atoms with Crippen LogP contribution in [-0.2, 0) is 20.8 Å². The SMILES string of the molecule is COC(=O)c1sc(N)c(C(=O)OC)c1COC(=O)c1cc(OC)ccc1O. The predicted octanol–water partition coefficient (Wildman–Crippen LogP) is 1.97. The van der Waals surface area contributed by atoms with Crippen molar-refractivity contribution in [2.45, 2.75) is 6.61 Å². The van der Waals surface area contributed by atoms with Gasteiger partial charge in [0.05, 0.1) is 21.3 Å². The number of methoxy groups -OCH3 is 3. The molecule has 0 bridgehead atoms. The van der Waals surface area contributed by atoms with Gasteiger partial charge >= 0.3 is 17.9 Å². The lowest BCUT2D eigenvalue weighted by molar-refractivity contribution is 0.0449. The number of phenols is 1. The molecule has 0 amide bonds. The number of carbonyl (C=O) groups is 3. The van der Waals surface area contributed by atoms with Gasteiger partial charge in [0.2, 0.25) is 0 Å². The number of esters is 3. The summed E-state index contributed by atoms with van der Waals surface area (Å²) in [5.41, 5.74) is 5.65. The smallest absolute Gasteiger partial charge is 0.348 e. The Morgan fingerprint density at radius 2 is 1.74 bits per heavy atom. The minimum atomic E-state index is -0.886. The van der Waals surface area contributed by atoms with E-state index in [-0.39, 0.29) is 32.3 Å². The molecule has 3 N–H and O–H groups in total. The van der Waals surface area contributed by atoms with E-state index in [9.17, 15) is 19.5 Å². The van der Waals surface area contributed by atoms with Crippen molar-refractivity contribution in [1.82, 2.24) is 0 Å². The Bertz CT molecular complexity index is 889. The average Bonchev–Trinajstić information content (AvgIpc) is 3.01. The highest BCUT2D eigenvalue weighted by Gasteiger charge is 2.28. The number of nitrogens with two attached hydrogens (primary N) is 1.